The number of para-hydroxylation sites is 1. The predicted octanol–water partition coefficient (Wildman–Crippen LogP) is 3.07. The topological polar surface area (TPSA) is 95.1 Å². The van der Waals surface area contributed by atoms with Gasteiger partial charge in [-0.3, -0.25) is 4.79 Å². The van der Waals surface area contributed by atoms with Gasteiger partial charge in [0.1, 0.15) is 5.75 Å². The summed E-state index contributed by atoms with van der Waals surface area (Å²) in [6.07, 6.45) is 0. The molecule has 0 saturated carbocycles. The molecule has 0 unspecified atom stereocenters. The lowest BCUT2D eigenvalue weighted by Crippen LogP contribution is -2.15. The molecule has 3 aromatic rings. The summed E-state index contributed by atoms with van der Waals surface area (Å²) in [4.78, 5) is 12.5. The Morgan fingerprint density at radius 1 is 1.28 bits per heavy atom. The van der Waals surface area contributed by atoms with E-state index in [0.29, 0.717) is 22.1 Å². The zero-order valence-electron chi connectivity index (χ0n) is 13.7. The predicted molar refractivity (Wildman–Crippen MR) is 96.5 cm³/mol. The first kappa shape index (κ1) is 16.8. The third kappa shape index (κ3) is 3.27. The first-order chi connectivity index (χ1) is 12.0. The second kappa shape index (κ2) is 6.82. The number of methoxy groups -OCH3 is 1. The lowest BCUT2D eigenvalue weighted by atomic mass is 10.2. The van der Waals surface area contributed by atoms with Gasteiger partial charge in [0.25, 0.3) is 5.91 Å². The maximum absolute atomic E-state index is 12.5. The van der Waals surface area contributed by atoms with E-state index in [1.165, 1.54) is 11.8 Å². The van der Waals surface area contributed by atoms with Crippen molar-refractivity contribution in [1.29, 1.82) is 0 Å². The summed E-state index contributed by atoms with van der Waals surface area (Å²) >= 11 is 6.02. The number of carbonyl (C=O) groups is 1. The van der Waals surface area contributed by atoms with Crippen LogP contribution in [0.15, 0.2) is 42.5 Å². The fourth-order valence-corrected chi connectivity index (χ4v) is 2.51. The van der Waals surface area contributed by atoms with Gasteiger partial charge in [-0.1, -0.05) is 35.0 Å². The van der Waals surface area contributed by atoms with Gasteiger partial charge >= 0.3 is 0 Å². The smallest absolute Gasteiger partial charge is 0.280 e. The number of halogens is 1. The second-order valence-electron chi connectivity index (χ2n) is 5.32. The summed E-state index contributed by atoms with van der Waals surface area (Å²) in [5, 5.41) is 11.1. The molecular formula is C17H16ClN5O2. The summed E-state index contributed by atoms with van der Waals surface area (Å²) in [6.45, 7) is 1.90. The van der Waals surface area contributed by atoms with Gasteiger partial charge in [-0.15, -0.1) is 5.10 Å². The lowest BCUT2D eigenvalue weighted by molar-refractivity contribution is 0.102. The van der Waals surface area contributed by atoms with Gasteiger partial charge in [0.15, 0.2) is 11.5 Å². The van der Waals surface area contributed by atoms with Crippen LogP contribution in [-0.2, 0) is 0 Å². The summed E-state index contributed by atoms with van der Waals surface area (Å²) < 4.78 is 6.53. The Labute approximate surface area is 149 Å². The molecule has 8 heteroatoms. The van der Waals surface area contributed by atoms with Crippen LogP contribution in [0.25, 0.3) is 5.69 Å². The van der Waals surface area contributed by atoms with Crippen molar-refractivity contribution in [2.24, 2.45) is 0 Å². The highest BCUT2D eigenvalue weighted by atomic mass is 35.5. The SMILES string of the molecule is COc1cc(-n2nnc(C(=O)Nc3ccccc3C)c2N)ccc1Cl. The van der Waals surface area contributed by atoms with Crippen LogP contribution in [0.5, 0.6) is 5.75 Å². The number of anilines is 2. The number of ether oxygens (including phenoxy) is 1. The van der Waals surface area contributed by atoms with Crippen LogP contribution in [0.2, 0.25) is 5.02 Å². The number of rotatable bonds is 4. The average molecular weight is 358 g/mol. The maximum atomic E-state index is 12.5. The van der Waals surface area contributed by atoms with Crippen LogP contribution < -0.4 is 15.8 Å². The number of nitrogens with one attached hydrogen (secondary N) is 1. The number of amides is 1. The monoisotopic (exact) mass is 357 g/mol. The number of benzene rings is 2. The molecule has 0 bridgehead atoms. The van der Waals surface area contributed by atoms with Gasteiger partial charge in [0.05, 0.1) is 17.8 Å². The first-order valence-corrected chi connectivity index (χ1v) is 7.81. The van der Waals surface area contributed by atoms with Crippen LogP contribution in [0, 0.1) is 6.92 Å². The van der Waals surface area contributed by atoms with Crippen LogP contribution in [0.4, 0.5) is 11.5 Å². The molecule has 0 radical (unpaired) electrons. The fraction of sp³-hybridized carbons (Fsp3) is 0.118. The third-order valence-electron chi connectivity index (χ3n) is 3.69. The van der Waals surface area contributed by atoms with Crippen molar-refractivity contribution in [3.63, 3.8) is 0 Å². The molecule has 3 rings (SSSR count). The molecule has 0 spiro atoms. The normalized spacial score (nSPS) is 10.5. The number of aromatic nitrogens is 3. The molecule has 0 saturated heterocycles. The molecule has 0 atom stereocenters. The minimum Gasteiger partial charge on any atom is -0.495 e. The van der Waals surface area contributed by atoms with Gasteiger partial charge in [-0.05, 0) is 30.7 Å². The Morgan fingerprint density at radius 2 is 2.04 bits per heavy atom. The van der Waals surface area contributed by atoms with E-state index >= 15 is 0 Å². The molecule has 0 aliphatic heterocycles. The van der Waals surface area contributed by atoms with E-state index in [1.54, 1.807) is 24.3 Å². The Balaban J connectivity index is 1.91. The molecule has 0 aliphatic carbocycles. The minimum absolute atomic E-state index is 0.0390. The first-order valence-electron chi connectivity index (χ1n) is 7.43. The van der Waals surface area contributed by atoms with Gasteiger partial charge in [-0.25, -0.2) is 0 Å². The second-order valence-corrected chi connectivity index (χ2v) is 5.73. The molecule has 25 heavy (non-hydrogen) atoms. The van der Waals surface area contributed by atoms with Crippen molar-refractivity contribution >= 4 is 29.0 Å². The van der Waals surface area contributed by atoms with Crippen molar-refractivity contribution in [3.05, 3.63) is 58.7 Å². The van der Waals surface area contributed by atoms with Gasteiger partial charge in [0, 0.05) is 11.8 Å². The fourth-order valence-electron chi connectivity index (χ4n) is 2.32. The Bertz CT molecular complexity index is 939. The van der Waals surface area contributed by atoms with E-state index < -0.39 is 5.91 Å². The number of nitrogens with two attached hydrogens (primary N) is 1. The van der Waals surface area contributed by atoms with Crippen molar-refractivity contribution < 1.29 is 9.53 Å². The number of aryl methyl sites for hydroxylation is 1. The highest BCUT2D eigenvalue weighted by Gasteiger charge is 2.19. The maximum Gasteiger partial charge on any atom is 0.280 e. The highest BCUT2D eigenvalue weighted by Crippen LogP contribution is 2.28. The molecule has 1 heterocycles. The van der Waals surface area contributed by atoms with Crippen LogP contribution >= 0.6 is 11.6 Å². The third-order valence-corrected chi connectivity index (χ3v) is 4.00. The number of nitrogens with zero attached hydrogens (tertiary/aromatic N) is 3. The zero-order chi connectivity index (χ0) is 18.0. The Kier molecular flexibility index (Phi) is 4.58. The van der Waals surface area contributed by atoms with E-state index in [2.05, 4.69) is 15.6 Å². The van der Waals surface area contributed by atoms with Crippen molar-refractivity contribution in [1.82, 2.24) is 15.0 Å². The van der Waals surface area contributed by atoms with Crippen molar-refractivity contribution in [3.8, 4) is 11.4 Å². The largest absolute Gasteiger partial charge is 0.495 e. The van der Waals surface area contributed by atoms with Gasteiger partial charge in [-0.2, -0.15) is 4.68 Å². The van der Waals surface area contributed by atoms with Crippen molar-refractivity contribution in [2.45, 2.75) is 6.92 Å². The minimum atomic E-state index is -0.432. The van der Waals surface area contributed by atoms with E-state index in [1.807, 2.05) is 25.1 Å². The molecule has 3 N–H and O–H groups in total. The van der Waals surface area contributed by atoms with E-state index in [9.17, 15) is 4.79 Å². The van der Waals surface area contributed by atoms with Crippen LogP contribution in [0.1, 0.15) is 16.1 Å². The van der Waals surface area contributed by atoms with Gasteiger partial charge in [0.2, 0.25) is 0 Å². The summed E-state index contributed by atoms with van der Waals surface area (Å²) in [6, 6.07) is 12.5. The molecule has 1 amide bonds. The van der Waals surface area contributed by atoms with Crippen molar-refractivity contribution in [2.75, 3.05) is 18.2 Å². The molecule has 1 aromatic heterocycles. The molecule has 0 aliphatic rings. The number of hydrogen-bond donors (Lipinski definition) is 2. The quantitative estimate of drug-likeness (QED) is 0.748. The van der Waals surface area contributed by atoms with E-state index in [4.69, 9.17) is 22.1 Å². The molecular weight excluding hydrogens is 342 g/mol. The van der Waals surface area contributed by atoms with Crippen LogP contribution in [0.3, 0.4) is 0 Å². The summed E-state index contributed by atoms with van der Waals surface area (Å²) in [5.74, 6) is 0.161. The summed E-state index contributed by atoms with van der Waals surface area (Å²) in [7, 11) is 1.51. The zero-order valence-corrected chi connectivity index (χ0v) is 14.4. The number of carbonyl (C=O) groups excluding carboxylic acids is 1. The standard InChI is InChI=1S/C17H16ClN5O2/c1-10-5-3-4-6-13(10)20-17(24)15-16(19)23(22-21-15)11-7-8-12(18)14(9-11)25-2/h3-9H,19H2,1-2H3,(H,20,24). The highest BCUT2D eigenvalue weighted by molar-refractivity contribution is 6.32. The lowest BCUT2D eigenvalue weighted by Gasteiger charge is -2.08. The van der Waals surface area contributed by atoms with E-state index in [0.717, 1.165) is 5.56 Å². The molecule has 7 nitrogen and oxygen atoms in total. The average Bonchev–Trinajstić information content (AvgIpc) is 2.99. The Morgan fingerprint density at radius 3 is 2.76 bits per heavy atom. The summed E-state index contributed by atoms with van der Waals surface area (Å²) in [5.41, 5.74) is 8.31. The number of nitrogen functional groups attached to an aromatic ring is 1. The van der Waals surface area contributed by atoms with E-state index in [-0.39, 0.29) is 11.5 Å². The van der Waals surface area contributed by atoms with Gasteiger partial charge < -0.3 is 15.8 Å². The Hall–Kier alpha value is -3.06. The molecule has 128 valence electrons. The molecule has 2 aromatic carbocycles. The number of hydrogen-bond acceptors (Lipinski definition) is 5. The molecule has 0 fully saturated rings. The van der Waals surface area contributed by atoms with Crippen LogP contribution in [-0.4, -0.2) is 28.0 Å².